The molecular weight excluding hydrogens is 766 g/mol. The molecule has 20 heteroatoms. The van der Waals surface area contributed by atoms with E-state index in [9.17, 15) is 45.2 Å². The van der Waals surface area contributed by atoms with Crippen molar-refractivity contribution in [2.45, 2.75) is 107 Å². The molecule has 1 aromatic carbocycles. The predicted octanol–water partition coefficient (Wildman–Crippen LogP) is 3.54. The van der Waals surface area contributed by atoms with Gasteiger partial charge in [0.25, 0.3) is 11.8 Å². The summed E-state index contributed by atoms with van der Waals surface area (Å²) in [4.78, 5) is 64.5. The molecule has 2 aliphatic heterocycles. The average Bonchev–Trinajstić information content (AvgIpc) is 4.03. The van der Waals surface area contributed by atoms with Crippen molar-refractivity contribution in [1.82, 2.24) is 35.4 Å². The number of nitrogens with one attached hydrogen (secondary N) is 3. The largest absolute Gasteiger partial charge is 0.471 e. The fraction of sp³-hybridized carbons (Fsp3) is 0.528. The molecule has 4 aliphatic rings. The third-order valence-corrected chi connectivity index (χ3v) is 12.5. The van der Waals surface area contributed by atoms with E-state index in [1.54, 1.807) is 19.9 Å². The molecule has 4 heterocycles. The zero-order chi connectivity index (χ0) is 40.2. The Hall–Kier alpha value is -5.14. The summed E-state index contributed by atoms with van der Waals surface area (Å²) >= 11 is 0. The minimum atomic E-state index is -5.07. The van der Waals surface area contributed by atoms with Crippen LogP contribution in [-0.2, 0) is 30.6 Å². The summed E-state index contributed by atoms with van der Waals surface area (Å²) in [5.74, 6) is -5.34. The van der Waals surface area contributed by atoms with Gasteiger partial charge in [0.1, 0.15) is 35.3 Å². The second kappa shape index (κ2) is 14.7. The van der Waals surface area contributed by atoms with Crippen LogP contribution in [0.3, 0.4) is 0 Å². The maximum Gasteiger partial charge on any atom is 0.438 e. The van der Waals surface area contributed by atoms with E-state index in [4.69, 9.17) is 9.26 Å². The Morgan fingerprint density at radius 3 is 2.54 bits per heavy atom. The van der Waals surface area contributed by atoms with Crippen LogP contribution in [0.1, 0.15) is 85.3 Å². The van der Waals surface area contributed by atoms with Gasteiger partial charge in [-0.25, -0.2) is 22.8 Å². The molecule has 2 saturated carbocycles. The lowest BCUT2D eigenvalue weighted by Gasteiger charge is -2.29. The molecule has 3 fully saturated rings. The number of aromatic nitrogens is 3. The molecule has 0 radical (unpaired) electrons. The number of hydrogen-bond donors (Lipinski definition) is 3. The number of sulfonamides is 1. The summed E-state index contributed by atoms with van der Waals surface area (Å²) in [6.45, 7) is 2.75. The number of rotatable bonds is 7. The first-order valence-electron chi connectivity index (χ1n) is 18.3. The molecule has 4 amide bonds. The Balaban J connectivity index is 1.23. The highest BCUT2D eigenvalue weighted by atomic mass is 32.2. The number of benzene rings is 1. The van der Waals surface area contributed by atoms with Crippen LogP contribution in [0.25, 0.3) is 11.0 Å². The van der Waals surface area contributed by atoms with E-state index in [0.29, 0.717) is 49.8 Å². The number of alkyl halides is 3. The van der Waals surface area contributed by atoms with Crippen LogP contribution in [-0.4, -0.2) is 87.6 Å². The molecule has 0 bridgehead atoms. The third kappa shape index (κ3) is 7.92. The van der Waals surface area contributed by atoms with Crippen molar-refractivity contribution in [1.29, 1.82) is 0 Å². The lowest BCUT2D eigenvalue weighted by atomic mass is 10.0. The normalized spacial score (nSPS) is 26.1. The smallest absolute Gasteiger partial charge is 0.438 e. The maximum absolute atomic E-state index is 14.5. The Labute approximate surface area is 318 Å². The van der Waals surface area contributed by atoms with Crippen molar-refractivity contribution in [3.8, 4) is 5.88 Å². The topological polar surface area (TPSA) is 203 Å². The molecule has 0 spiro atoms. The van der Waals surface area contributed by atoms with Crippen LogP contribution < -0.4 is 20.1 Å². The van der Waals surface area contributed by atoms with E-state index in [0.717, 1.165) is 23.1 Å². The van der Waals surface area contributed by atoms with Crippen LogP contribution in [0.2, 0.25) is 0 Å². The number of nitrogens with zero attached hydrogens (tertiary/aromatic N) is 4. The zero-order valence-electron chi connectivity index (χ0n) is 30.3. The molecule has 5 atom stereocenters. The van der Waals surface area contributed by atoms with Gasteiger partial charge in [-0.15, -0.1) is 0 Å². The Morgan fingerprint density at radius 1 is 1.07 bits per heavy atom. The Morgan fingerprint density at radius 2 is 1.84 bits per heavy atom. The number of hydrogen-bond acceptors (Lipinski definition) is 11. The van der Waals surface area contributed by atoms with Crippen molar-refractivity contribution in [3.05, 3.63) is 58.9 Å². The van der Waals surface area contributed by atoms with E-state index in [-0.39, 0.29) is 29.6 Å². The molecular formula is C36H39F4N7O8S. The van der Waals surface area contributed by atoms with Crippen LogP contribution in [0, 0.1) is 25.6 Å². The molecule has 2 aromatic heterocycles. The molecule has 7 rings (SSSR count). The van der Waals surface area contributed by atoms with Crippen molar-refractivity contribution in [2.75, 3.05) is 6.54 Å². The van der Waals surface area contributed by atoms with Crippen molar-refractivity contribution >= 4 is 44.7 Å². The van der Waals surface area contributed by atoms with Crippen LogP contribution in [0.15, 0.2) is 34.9 Å². The molecule has 56 heavy (non-hydrogen) atoms. The van der Waals surface area contributed by atoms with Gasteiger partial charge in [0.05, 0.1) is 22.8 Å². The highest BCUT2D eigenvalue weighted by Gasteiger charge is 2.62. The van der Waals surface area contributed by atoms with Gasteiger partial charge in [-0.3, -0.25) is 23.9 Å². The van der Waals surface area contributed by atoms with E-state index >= 15 is 0 Å². The SMILES string of the molecule is Cc1onc(C(=O)NC2CCCCCC=CC3CC3(C(=O)NS(=O)(=O)C3CC3)NC(=O)C3CC(Oc4nc5cc(F)ccc5nc4C(F)(F)F)CN3C2=O)c1C. The van der Waals surface area contributed by atoms with Gasteiger partial charge >= 0.3 is 6.18 Å². The molecule has 3 N–H and O–H groups in total. The second-order valence-electron chi connectivity index (χ2n) is 14.7. The molecule has 300 valence electrons. The standard InChI is InChI=1S/C36H39F4N7O8S/c1-18-19(2)55-45-28(18)31(49)42-25-9-7-5-3-4-6-8-20-16-35(20,34(51)46-56(52,53)23-11-12-23)44-30(48)27-15-22(17-47(27)33(25)50)54-32-29(36(38,39)40)41-24-13-10-21(37)14-26(24)43-32/h6,8,10,13-14,20,22-23,25,27H,3-5,7,9,11-12,15-17H2,1-2H3,(H,42,49)(H,44,48)(H,46,51). The number of aryl methyl sites for hydroxylation is 1. The van der Waals surface area contributed by atoms with Gasteiger partial charge in [-0.1, -0.05) is 30.2 Å². The van der Waals surface area contributed by atoms with Crippen LogP contribution in [0.4, 0.5) is 17.6 Å². The minimum Gasteiger partial charge on any atom is -0.471 e. The maximum atomic E-state index is 14.5. The van der Waals surface area contributed by atoms with Crippen LogP contribution >= 0.6 is 0 Å². The Kier molecular flexibility index (Phi) is 10.3. The fourth-order valence-corrected chi connectivity index (χ4v) is 8.50. The highest BCUT2D eigenvalue weighted by molar-refractivity contribution is 7.91. The van der Waals surface area contributed by atoms with E-state index in [1.165, 1.54) is 0 Å². The van der Waals surface area contributed by atoms with Crippen molar-refractivity contribution in [3.63, 3.8) is 0 Å². The van der Waals surface area contributed by atoms with Gasteiger partial charge < -0.3 is 24.8 Å². The number of carbonyl (C=O) groups excluding carboxylic acids is 4. The lowest BCUT2D eigenvalue weighted by Crippen LogP contribution is -2.58. The van der Waals surface area contributed by atoms with Gasteiger partial charge in [-0.2, -0.15) is 13.2 Å². The first-order valence-corrected chi connectivity index (χ1v) is 19.8. The van der Waals surface area contributed by atoms with Gasteiger partial charge in [0.15, 0.2) is 5.69 Å². The summed E-state index contributed by atoms with van der Waals surface area (Å²) in [7, 11) is -4.02. The number of carbonyl (C=O) groups is 4. The summed E-state index contributed by atoms with van der Waals surface area (Å²) in [6, 6.07) is 0.134. The molecule has 5 unspecified atom stereocenters. The van der Waals surface area contributed by atoms with E-state index < -0.39 is 105 Å². The zero-order valence-corrected chi connectivity index (χ0v) is 31.1. The second-order valence-corrected chi connectivity index (χ2v) is 16.7. The third-order valence-electron chi connectivity index (χ3n) is 10.7. The quantitative estimate of drug-likeness (QED) is 0.233. The first-order chi connectivity index (χ1) is 26.5. The van der Waals surface area contributed by atoms with Crippen LogP contribution in [0.5, 0.6) is 5.88 Å². The average molecular weight is 806 g/mol. The van der Waals surface area contributed by atoms with Gasteiger partial charge in [0.2, 0.25) is 33.4 Å². The summed E-state index contributed by atoms with van der Waals surface area (Å²) < 4.78 is 95.5. The monoisotopic (exact) mass is 805 g/mol. The lowest BCUT2D eigenvalue weighted by molar-refractivity contribution is -0.143. The molecule has 15 nitrogen and oxygen atoms in total. The van der Waals surface area contributed by atoms with Gasteiger partial charge in [0, 0.05) is 24.0 Å². The fourth-order valence-electron chi connectivity index (χ4n) is 7.14. The van der Waals surface area contributed by atoms with Crippen molar-refractivity contribution in [2.24, 2.45) is 5.92 Å². The number of ether oxygens (including phenoxy) is 1. The van der Waals surface area contributed by atoms with Crippen molar-refractivity contribution < 1.29 is 54.4 Å². The number of fused-ring (bicyclic) bond motifs is 3. The summed E-state index contributed by atoms with van der Waals surface area (Å²) in [6.07, 6.45) is 0.0449. The number of halogens is 4. The van der Waals surface area contributed by atoms with Gasteiger partial charge in [-0.05, 0) is 64.5 Å². The first kappa shape index (κ1) is 39.1. The minimum absolute atomic E-state index is 0.0508. The Bertz CT molecular complexity index is 2230. The summed E-state index contributed by atoms with van der Waals surface area (Å²) in [5, 5.41) is 8.43. The molecule has 1 saturated heterocycles. The van der Waals surface area contributed by atoms with E-state index in [1.807, 2.05) is 6.08 Å². The highest BCUT2D eigenvalue weighted by Crippen LogP contribution is 2.46. The van der Waals surface area contributed by atoms with E-state index in [2.05, 4.69) is 30.5 Å². The number of amides is 4. The predicted molar refractivity (Wildman–Crippen MR) is 188 cm³/mol. The summed E-state index contributed by atoms with van der Waals surface area (Å²) in [5.41, 5.74) is -3.33. The molecule has 2 aliphatic carbocycles. The number of allylic oxidation sites excluding steroid dienone is 1. The molecule has 3 aromatic rings.